The van der Waals surface area contributed by atoms with Crippen LogP contribution in [0.5, 0.6) is 0 Å². The summed E-state index contributed by atoms with van der Waals surface area (Å²) in [5, 5.41) is 1.96. The smallest absolute Gasteiger partial charge is 0.186 e. The predicted molar refractivity (Wildman–Crippen MR) is 65.8 cm³/mol. The quantitative estimate of drug-likeness (QED) is 0.474. The predicted octanol–water partition coefficient (Wildman–Crippen LogP) is 3.41. The van der Waals surface area contributed by atoms with Crippen LogP contribution in [0.25, 0.3) is 22.1 Å². The second kappa shape index (κ2) is 3.49. The summed E-state index contributed by atoms with van der Waals surface area (Å²) in [5.41, 5.74) is 2.57. The van der Waals surface area contributed by atoms with Gasteiger partial charge >= 0.3 is 0 Å². The highest BCUT2D eigenvalue weighted by atomic mass is 32.2. The van der Waals surface area contributed by atoms with E-state index in [1.165, 1.54) is 0 Å². The van der Waals surface area contributed by atoms with Crippen molar-refractivity contribution in [2.24, 2.45) is 0 Å². The maximum atomic E-state index is 5.78. The Kier molecular flexibility index (Phi) is 2.11. The lowest BCUT2D eigenvalue weighted by Crippen LogP contribution is -1.89. The molecule has 0 amide bonds. The van der Waals surface area contributed by atoms with Gasteiger partial charge in [0.05, 0.1) is 0 Å². The van der Waals surface area contributed by atoms with Crippen LogP contribution in [0.2, 0.25) is 0 Å². The van der Waals surface area contributed by atoms with Gasteiger partial charge in [-0.05, 0) is 25.3 Å². The van der Waals surface area contributed by atoms with E-state index in [0.29, 0.717) is 0 Å². The molecule has 16 heavy (non-hydrogen) atoms. The molecule has 4 heteroatoms. The molecule has 0 unspecified atom stereocenters. The minimum absolute atomic E-state index is 0.781. The van der Waals surface area contributed by atoms with E-state index in [0.717, 1.165) is 32.9 Å². The Morgan fingerprint density at radius 2 is 2.00 bits per heavy atom. The molecule has 0 saturated heterocycles. The lowest BCUT2D eigenvalue weighted by molar-refractivity contribution is 0.652. The van der Waals surface area contributed by atoms with Crippen molar-refractivity contribution < 1.29 is 4.42 Å². The number of thioether (sulfide) groups is 1. The molecule has 0 saturated carbocycles. The minimum Gasteiger partial charge on any atom is -0.451 e. The third kappa shape index (κ3) is 1.30. The summed E-state index contributed by atoms with van der Waals surface area (Å²) in [5.74, 6) is 0.781. The number of aryl methyl sites for hydroxylation is 1. The Labute approximate surface area is 96.9 Å². The van der Waals surface area contributed by atoms with E-state index in [2.05, 4.69) is 9.97 Å². The van der Waals surface area contributed by atoms with Crippen molar-refractivity contribution >= 4 is 33.8 Å². The van der Waals surface area contributed by atoms with Crippen LogP contribution in [-0.2, 0) is 0 Å². The molecule has 3 rings (SSSR count). The summed E-state index contributed by atoms with van der Waals surface area (Å²) in [7, 11) is 0. The fraction of sp³-hybridized carbons (Fsp3) is 0.167. The molecule has 1 aromatic carbocycles. The molecule has 80 valence electrons. The van der Waals surface area contributed by atoms with Gasteiger partial charge in [0.25, 0.3) is 0 Å². The normalized spacial score (nSPS) is 11.4. The molecule has 0 bridgehead atoms. The number of rotatable bonds is 1. The van der Waals surface area contributed by atoms with E-state index in [1.54, 1.807) is 11.8 Å². The zero-order valence-electron chi connectivity index (χ0n) is 9.02. The van der Waals surface area contributed by atoms with Crippen LogP contribution in [-0.4, -0.2) is 16.2 Å². The Morgan fingerprint density at radius 3 is 2.81 bits per heavy atom. The summed E-state index contributed by atoms with van der Waals surface area (Å²) >= 11 is 1.58. The van der Waals surface area contributed by atoms with Crippen molar-refractivity contribution in [3.8, 4) is 0 Å². The van der Waals surface area contributed by atoms with Gasteiger partial charge in [-0.2, -0.15) is 0 Å². The first-order valence-electron chi connectivity index (χ1n) is 4.99. The van der Waals surface area contributed by atoms with Gasteiger partial charge in [0.2, 0.25) is 0 Å². The summed E-state index contributed by atoms with van der Waals surface area (Å²) in [4.78, 5) is 8.83. The number of hydrogen-bond acceptors (Lipinski definition) is 4. The maximum Gasteiger partial charge on any atom is 0.186 e. The summed E-state index contributed by atoms with van der Waals surface area (Å²) in [6.45, 7) is 1.90. The number of aromatic nitrogens is 2. The highest BCUT2D eigenvalue weighted by Gasteiger charge is 2.13. The van der Waals surface area contributed by atoms with Gasteiger partial charge in [0.15, 0.2) is 5.58 Å². The van der Waals surface area contributed by atoms with E-state index >= 15 is 0 Å². The molecule has 0 aliphatic rings. The molecule has 0 fully saturated rings. The molecular formula is C12H10N2OS. The summed E-state index contributed by atoms with van der Waals surface area (Å²) in [6.07, 6.45) is 1.99. The molecule has 2 heterocycles. The zero-order chi connectivity index (χ0) is 11.1. The average Bonchev–Trinajstić information content (AvgIpc) is 2.67. The lowest BCUT2D eigenvalue weighted by atomic mass is 10.2. The highest BCUT2D eigenvalue weighted by molar-refractivity contribution is 7.98. The Morgan fingerprint density at radius 1 is 1.19 bits per heavy atom. The van der Waals surface area contributed by atoms with Crippen LogP contribution in [0.4, 0.5) is 0 Å². The lowest BCUT2D eigenvalue weighted by Gasteiger charge is -1.97. The molecule has 2 aromatic heterocycles. The minimum atomic E-state index is 0.781. The first kappa shape index (κ1) is 9.66. The van der Waals surface area contributed by atoms with Crippen molar-refractivity contribution in [2.45, 2.75) is 11.9 Å². The number of furan rings is 1. The van der Waals surface area contributed by atoms with Gasteiger partial charge in [0.1, 0.15) is 22.0 Å². The molecule has 0 aliphatic heterocycles. The van der Waals surface area contributed by atoms with E-state index in [4.69, 9.17) is 4.42 Å². The van der Waals surface area contributed by atoms with Gasteiger partial charge in [0, 0.05) is 5.39 Å². The number of fused-ring (bicyclic) bond motifs is 3. The van der Waals surface area contributed by atoms with E-state index in [9.17, 15) is 0 Å². The second-order valence-corrected chi connectivity index (χ2v) is 4.35. The zero-order valence-corrected chi connectivity index (χ0v) is 9.84. The highest BCUT2D eigenvalue weighted by Crippen LogP contribution is 2.31. The maximum absolute atomic E-state index is 5.78. The van der Waals surface area contributed by atoms with Crippen LogP contribution < -0.4 is 0 Å². The fourth-order valence-electron chi connectivity index (χ4n) is 1.81. The van der Waals surface area contributed by atoms with E-state index in [-0.39, 0.29) is 0 Å². The van der Waals surface area contributed by atoms with Crippen molar-refractivity contribution in [3.05, 3.63) is 30.1 Å². The molecule has 3 nitrogen and oxygen atoms in total. The van der Waals surface area contributed by atoms with Crippen LogP contribution in [0, 0.1) is 6.92 Å². The topological polar surface area (TPSA) is 38.9 Å². The Bertz CT molecular complexity index is 675. The third-order valence-corrected chi connectivity index (χ3v) is 3.16. The summed E-state index contributed by atoms with van der Waals surface area (Å²) in [6, 6.07) is 7.94. The van der Waals surface area contributed by atoms with Gasteiger partial charge < -0.3 is 4.42 Å². The van der Waals surface area contributed by atoms with E-state index < -0.39 is 0 Å². The van der Waals surface area contributed by atoms with E-state index in [1.807, 2.05) is 37.4 Å². The Hall–Kier alpha value is -1.55. The second-order valence-electron chi connectivity index (χ2n) is 3.56. The Balaban J connectivity index is 2.54. The van der Waals surface area contributed by atoms with Gasteiger partial charge in [-0.1, -0.05) is 12.1 Å². The van der Waals surface area contributed by atoms with Crippen molar-refractivity contribution in [1.29, 1.82) is 0 Å². The molecule has 3 aromatic rings. The van der Waals surface area contributed by atoms with Crippen LogP contribution >= 0.6 is 11.8 Å². The monoisotopic (exact) mass is 230 g/mol. The van der Waals surface area contributed by atoms with Crippen molar-refractivity contribution in [2.75, 3.05) is 6.26 Å². The standard InChI is InChI=1S/C12H10N2OS/c1-7-13-10-8-5-3-4-6-9(8)15-11(10)12(14-7)16-2/h3-6H,1-2H3. The summed E-state index contributed by atoms with van der Waals surface area (Å²) < 4.78 is 5.78. The van der Waals surface area contributed by atoms with Crippen LogP contribution in [0.3, 0.4) is 0 Å². The average molecular weight is 230 g/mol. The SMILES string of the molecule is CSc1nc(C)nc2c1oc1ccccc12. The van der Waals surface area contributed by atoms with Gasteiger partial charge in [-0.3, -0.25) is 0 Å². The molecule has 0 N–H and O–H groups in total. The van der Waals surface area contributed by atoms with Crippen molar-refractivity contribution in [1.82, 2.24) is 9.97 Å². The first-order chi connectivity index (χ1) is 7.79. The number of benzene rings is 1. The number of nitrogens with zero attached hydrogens (tertiary/aromatic N) is 2. The number of hydrogen-bond donors (Lipinski definition) is 0. The molecule has 0 radical (unpaired) electrons. The van der Waals surface area contributed by atoms with Crippen LogP contribution in [0.1, 0.15) is 5.82 Å². The molecular weight excluding hydrogens is 220 g/mol. The van der Waals surface area contributed by atoms with Crippen molar-refractivity contribution in [3.63, 3.8) is 0 Å². The number of para-hydroxylation sites is 1. The molecule has 0 atom stereocenters. The first-order valence-corrected chi connectivity index (χ1v) is 6.22. The molecule has 0 spiro atoms. The van der Waals surface area contributed by atoms with Gasteiger partial charge in [-0.15, -0.1) is 11.8 Å². The largest absolute Gasteiger partial charge is 0.451 e. The molecule has 0 aliphatic carbocycles. The fourth-order valence-corrected chi connectivity index (χ4v) is 2.36. The van der Waals surface area contributed by atoms with Gasteiger partial charge in [-0.25, -0.2) is 9.97 Å². The van der Waals surface area contributed by atoms with Crippen LogP contribution in [0.15, 0.2) is 33.7 Å². The third-order valence-electron chi connectivity index (χ3n) is 2.49.